The Kier molecular flexibility index (Phi) is 3.44. The van der Waals surface area contributed by atoms with Gasteiger partial charge in [0.1, 0.15) is 5.82 Å². The molecule has 0 amide bonds. The number of pyridine rings is 1. The van der Waals surface area contributed by atoms with Crippen LogP contribution in [0.5, 0.6) is 0 Å². The predicted molar refractivity (Wildman–Crippen MR) is 76.2 cm³/mol. The van der Waals surface area contributed by atoms with Crippen molar-refractivity contribution < 1.29 is 8.42 Å². The Labute approximate surface area is 112 Å². The summed E-state index contributed by atoms with van der Waals surface area (Å²) in [5.41, 5.74) is 7.85. The molecule has 0 aliphatic rings. The number of sulfone groups is 1. The van der Waals surface area contributed by atoms with Gasteiger partial charge in [-0.05, 0) is 43.3 Å². The van der Waals surface area contributed by atoms with Crippen LogP contribution in [-0.2, 0) is 9.84 Å². The quantitative estimate of drug-likeness (QED) is 0.897. The highest BCUT2D eigenvalue weighted by Gasteiger charge is 2.06. The minimum absolute atomic E-state index is 0.291. The molecule has 1 aromatic heterocycles. The van der Waals surface area contributed by atoms with E-state index in [-0.39, 0.29) is 0 Å². The van der Waals surface area contributed by atoms with Crippen molar-refractivity contribution in [2.45, 2.75) is 11.8 Å². The van der Waals surface area contributed by atoms with Crippen LogP contribution in [0.25, 0.3) is 0 Å². The second-order valence-electron chi connectivity index (χ2n) is 4.29. The van der Waals surface area contributed by atoms with E-state index >= 15 is 0 Å². The highest BCUT2D eigenvalue weighted by Crippen LogP contribution is 2.19. The number of nitrogens with two attached hydrogens (primary N) is 1. The van der Waals surface area contributed by atoms with Crippen LogP contribution < -0.4 is 11.1 Å². The summed E-state index contributed by atoms with van der Waals surface area (Å²) in [7, 11) is -3.16. The molecule has 0 radical (unpaired) electrons. The van der Waals surface area contributed by atoms with Gasteiger partial charge < -0.3 is 11.1 Å². The average Bonchev–Trinajstić information content (AvgIpc) is 2.33. The molecule has 5 nitrogen and oxygen atoms in total. The molecule has 0 saturated carbocycles. The molecule has 0 aliphatic carbocycles. The van der Waals surface area contributed by atoms with E-state index in [9.17, 15) is 8.42 Å². The monoisotopic (exact) mass is 277 g/mol. The summed E-state index contributed by atoms with van der Waals surface area (Å²) in [6.07, 6.45) is 1.18. The zero-order valence-electron chi connectivity index (χ0n) is 10.7. The van der Waals surface area contributed by atoms with E-state index in [1.807, 2.05) is 6.92 Å². The Hall–Kier alpha value is -2.08. The summed E-state index contributed by atoms with van der Waals surface area (Å²) in [4.78, 5) is 4.58. The first kappa shape index (κ1) is 13.4. The van der Waals surface area contributed by atoms with Crippen LogP contribution in [0.4, 0.5) is 17.2 Å². The lowest BCUT2D eigenvalue weighted by Crippen LogP contribution is -1.99. The number of aromatic nitrogens is 1. The SMILES string of the molecule is Cc1nc(Nc2ccc(S(C)(=O)=O)cc2)ccc1N. The molecule has 1 heterocycles. The molecule has 19 heavy (non-hydrogen) atoms. The van der Waals surface area contributed by atoms with E-state index in [4.69, 9.17) is 5.73 Å². The van der Waals surface area contributed by atoms with Crippen molar-refractivity contribution in [1.29, 1.82) is 0 Å². The first-order chi connectivity index (χ1) is 8.86. The number of nitrogen functional groups attached to an aromatic ring is 1. The minimum Gasteiger partial charge on any atom is -0.397 e. The molecule has 1 aromatic carbocycles. The summed E-state index contributed by atoms with van der Waals surface area (Å²) in [6.45, 7) is 1.83. The number of hydrogen-bond acceptors (Lipinski definition) is 5. The largest absolute Gasteiger partial charge is 0.397 e. The van der Waals surface area contributed by atoms with Crippen LogP contribution >= 0.6 is 0 Å². The standard InChI is InChI=1S/C13H15N3O2S/c1-9-12(14)7-8-13(15-9)16-10-3-5-11(6-4-10)19(2,17)18/h3-8H,14H2,1-2H3,(H,15,16). The van der Waals surface area contributed by atoms with Gasteiger partial charge in [-0.3, -0.25) is 0 Å². The summed E-state index contributed by atoms with van der Waals surface area (Å²) in [6, 6.07) is 10.1. The molecule has 0 saturated heterocycles. The lowest BCUT2D eigenvalue weighted by atomic mass is 10.3. The number of aryl methyl sites for hydroxylation is 1. The maximum absolute atomic E-state index is 11.3. The zero-order chi connectivity index (χ0) is 14.0. The predicted octanol–water partition coefficient (Wildman–Crippen LogP) is 2.12. The van der Waals surface area contributed by atoms with Crippen LogP contribution in [0.15, 0.2) is 41.3 Å². The molecule has 0 atom stereocenters. The maximum Gasteiger partial charge on any atom is 0.175 e. The normalized spacial score (nSPS) is 11.3. The molecule has 0 spiro atoms. The first-order valence-corrected chi connectivity index (χ1v) is 7.56. The number of hydrogen-bond donors (Lipinski definition) is 2. The van der Waals surface area contributed by atoms with Crippen LogP contribution in [0.3, 0.4) is 0 Å². The van der Waals surface area contributed by atoms with Crippen LogP contribution in [0, 0.1) is 6.92 Å². The molecule has 0 unspecified atom stereocenters. The van der Waals surface area contributed by atoms with E-state index < -0.39 is 9.84 Å². The Morgan fingerprint density at radius 3 is 2.26 bits per heavy atom. The van der Waals surface area contributed by atoms with E-state index in [1.165, 1.54) is 6.26 Å². The Balaban J connectivity index is 2.22. The molecule has 2 rings (SSSR count). The summed E-state index contributed by atoms with van der Waals surface area (Å²) in [5.74, 6) is 0.666. The van der Waals surface area contributed by atoms with Gasteiger partial charge in [0, 0.05) is 11.9 Å². The Morgan fingerprint density at radius 1 is 1.11 bits per heavy atom. The van der Waals surface area contributed by atoms with Gasteiger partial charge in [-0.1, -0.05) is 0 Å². The molecule has 3 N–H and O–H groups in total. The molecule has 0 aliphatic heterocycles. The molecular weight excluding hydrogens is 262 g/mol. The molecule has 0 bridgehead atoms. The van der Waals surface area contributed by atoms with Crippen molar-refractivity contribution in [2.24, 2.45) is 0 Å². The van der Waals surface area contributed by atoms with Crippen LogP contribution in [0.2, 0.25) is 0 Å². The number of anilines is 3. The van der Waals surface area contributed by atoms with Crippen molar-refractivity contribution in [2.75, 3.05) is 17.3 Å². The van der Waals surface area contributed by atoms with E-state index in [2.05, 4.69) is 10.3 Å². The average molecular weight is 277 g/mol. The minimum atomic E-state index is -3.16. The van der Waals surface area contributed by atoms with E-state index in [0.29, 0.717) is 16.4 Å². The highest BCUT2D eigenvalue weighted by atomic mass is 32.2. The van der Waals surface area contributed by atoms with Gasteiger partial charge >= 0.3 is 0 Å². The Bertz CT molecular complexity index is 694. The lowest BCUT2D eigenvalue weighted by molar-refractivity contribution is 0.602. The summed E-state index contributed by atoms with van der Waals surface area (Å²) < 4.78 is 22.7. The fourth-order valence-corrected chi connectivity index (χ4v) is 2.21. The van der Waals surface area contributed by atoms with Gasteiger partial charge in [0.15, 0.2) is 9.84 Å². The van der Waals surface area contributed by atoms with Crippen molar-refractivity contribution in [1.82, 2.24) is 4.98 Å². The first-order valence-electron chi connectivity index (χ1n) is 5.66. The lowest BCUT2D eigenvalue weighted by Gasteiger charge is -2.08. The fourth-order valence-electron chi connectivity index (χ4n) is 1.57. The summed E-state index contributed by atoms with van der Waals surface area (Å²) in [5, 5.41) is 3.09. The smallest absolute Gasteiger partial charge is 0.175 e. The fraction of sp³-hybridized carbons (Fsp3) is 0.154. The van der Waals surface area contributed by atoms with Crippen LogP contribution in [0.1, 0.15) is 5.69 Å². The maximum atomic E-state index is 11.3. The zero-order valence-corrected chi connectivity index (χ0v) is 11.5. The van der Waals surface area contributed by atoms with E-state index in [0.717, 1.165) is 11.4 Å². The molecular formula is C13H15N3O2S. The van der Waals surface area contributed by atoms with Gasteiger partial charge in [-0.25, -0.2) is 13.4 Å². The number of nitrogens with one attached hydrogen (secondary N) is 1. The van der Waals surface area contributed by atoms with Gasteiger partial charge in [0.05, 0.1) is 16.3 Å². The third kappa shape index (κ3) is 3.23. The third-order valence-corrected chi connectivity index (χ3v) is 3.81. The van der Waals surface area contributed by atoms with Gasteiger partial charge in [-0.2, -0.15) is 0 Å². The molecule has 6 heteroatoms. The number of nitrogens with zero attached hydrogens (tertiary/aromatic N) is 1. The second kappa shape index (κ2) is 4.89. The summed E-state index contributed by atoms with van der Waals surface area (Å²) >= 11 is 0. The number of benzene rings is 1. The van der Waals surface area contributed by atoms with Crippen molar-refractivity contribution in [3.63, 3.8) is 0 Å². The van der Waals surface area contributed by atoms with E-state index in [1.54, 1.807) is 36.4 Å². The van der Waals surface area contributed by atoms with Crippen molar-refractivity contribution >= 4 is 27.0 Å². The van der Waals surface area contributed by atoms with Crippen molar-refractivity contribution in [3.8, 4) is 0 Å². The van der Waals surface area contributed by atoms with Crippen molar-refractivity contribution in [3.05, 3.63) is 42.1 Å². The van der Waals surface area contributed by atoms with Crippen LogP contribution in [-0.4, -0.2) is 19.7 Å². The molecule has 0 fully saturated rings. The topological polar surface area (TPSA) is 85.1 Å². The number of rotatable bonds is 3. The molecule has 100 valence electrons. The van der Waals surface area contributed by atoms with Gasteiger partial charge in [0.25, 0.3) is 0 Å². The Morgan fingerprint density at radius 2 is 1.74 bits per heavy atom. The molecule has 2 aromatic rings. The van der Waals surface area contributed by atoms with Gasteiger partial charge in [-0.15, -0.1) is 0 Å². The van der Waals surface area contributed by atoms with Gasteiger partial charge in [0.2, 0.25) is 0 Å². The second-order valence-corrected chi connectivity index (χ2v) is 6.31. The third-order valence-electron chi connectivity index (χ3n) is 2.68. The highest BCUT2D eigenvalue weighted by molar-refractivity contribution is 7.90.